The lowest BCUT2D eigenvalue weighted by Gasteiger charge is -2.62. The highest BCUT2D eigenvalue weighted by molar-refractivity contribution is 6.18. The molecular formula is C31H44Cl2N2O3. The number of nitrogens with one attached hydrogen (secondary N) is 1. The van der Waals surface area contributed by atoms with Crippen molar-refractivity contribution in [3.8, 4) is 0 Å². The van der Waals surface area contributed by atoms with Crippen LogP contribution in [0.15, 0.2) is 24.3 Å². The van der Waals surface area contributed by atoms with Crippen LogP contribution in [0.1, 0.15) is 77.2 Å². The van der Waals surface area contributed by atoms with Crippen LogP contribution in [0.5, 0.6) is 0 Å². The van der Waals surface area contributed by atoms with E-state index in [1.165, 1.54) is 19.3 Å². The third-order valence-electron chi connectivity index (χ3n) is 10.8. The van der Waals surface area contributed by atoms with E-state index in [2.05, 4.69) is 24.1 Å². The van der Waals surface area contributed by atoms with Crippen molar-refractivity contribution in [1.29, 1.82) is 0 Å². The van der Waals surface area contributed by atoms with Crippen molar-refractivity contribution in [2.24, 2.45) is 29.1 Å². The summed E-state index contributed by atoms with van der Waals surface area (Å²) in [7, 11) is 0. The lowest BCUT2D eigenvalue weighted by atomic mass is 9.45. The van der Waals surface area contributed by atoms with E-state index in [9.17, 15) is 9.59 Å². The molecule has 0 unspecified atom stereocenters. The highest BCUT2D eigenvalue weighted by Crippen LogP contribution is 2.62. The Bertz CT molecular complexity index is 997. The summed E-state index contributed by atoms with van der Waals surface area (Å²) in [6.45, 7) is 6.31. The van der Waals surface area contributed by atoms with E-state index < -0.39 is 0 Å². The number of halogens is 2. The molecule has 4 aliphatic rings. The molecule has 4 fully saturated rings. The Morgan fingerprint density at radius 2 is 1.74 bits per heavy atom. The van der Waals surface area contributed by atoms with Gasteiger partial charge in [0.05, 0.1) is 6.42 Å². The predicted octanol–water partition coefficient (Wildman–Crippen LogP) is 6.34. The van der Waals surface area contributed by atoms with Gasteiger partial charge in [-0.1, -0.05) is 19.1 Å². The van der Waals surface area contributed by atoms with Gasteiger partial charge in [0.15, 0.2) is 0 Å². The zero-order chi connectivity index (χ0) is 26.9. The van der Waals surface area contributed by atoms with Gasteiger partial charge in [-0.3, -0.25) is 9.59 Å². The Balaban J connectivity index is 1.16. The van der Waals surface area contributed by atoms with Gasteiger partial charge >= 0.3 is 5.97 Å². The highest BCUT2D eigenvalue weighted by atomic mass is 35.5. The van der Waals surface area contributed by atoms with Gasteiger partial charge in [0.1, 0.15) is 6.10 Å². The summed E-state index contributed by atoms with van der Waals surface area (Å²) in [5.74, 6) is 3.87. The van der Waals surface area contributed by atoms with Crippen molar-refractivity contribution in [2.45, 2.75) is 89.7 Å². The van der Waals surface area contributed by atoms with Crippen LogP contribution >= 0.6 is 23.2 Å². The molecule has 3 aliphatic carbocycles. The Morgan fingerprint density at radius 1 is 1.00 bits per heavy atom. The van der Waals surface area contributed by atoms with Crippen molar-refractivity contribution < 1.29 is 14.3 Å². The summed E-state index contributed by atoms with van der Waals surface area (Å²) < 4.78 is 6.06. The number of hydrogen-bond acceptors (Lipinski definition) is 4. The van der Waals surface area contributed by atoms with Crippen LogP contribution < -0.4 is 10.2 Å². The minimum absolute atomic E-state index is 0.0167. The number of alkyl halides is 2. The lowest BCUT2D eigenvalue weighted by Crippen LogP contribution is -2.63. The minimum Gasteiger partial charge on any atom is -0.462 e. The molecule has 38 heavy (non-hydrogen) atoms. The first-order valence-electron chi connectivity index (χ1n) is 14.7. The van der Waals surface area contributed by atoms with Gasteiger partial charge in [-0.15, -0.1) is 23.2 Å². The second-order valence-electron chi connectivity index (χ2n) is 12.8. The number of nitrogens with zero attached hydrogens (tertiary/aromatic N) is 1. The first-order valence-corrected chi connectivity index (χ1v) is 15.8. The summed E-state index contributed by atoms with van der Waals surface area (Å²) in [4.78, 5) is 27.2. The number of hydrogen-bond donors (Lipinski definition) is 1. The van der Waals surface area contributed by atoms with Crippen molar-refractivity contribution in [3.05, 3.63) is 29.8 Å². The Hall–Kier alpha value is -1.46. The predicted molar refractivity (Wildman–Crippen MR) is 154 cm³/mol. The van der Waals surface area contributed by atoms with E-state index >= 15 is 0 Å². The fourth-order valence-electron chi connectivity index (χ4n) is 8.79. The van der Waals surface area contributed by atoms with Crippen LogP contribution in [0.4, 0.5) is 5.69 Å². The van der Waals surface area contributed by atoms with Gasteiger partial charge in [-0.25, -0.2) is 0 Å². The Kier molecular flexibility index (Phi) is 8.55. The Labute approximate surface area is 238 Å². The SMILES string of the molecule is C[C@]12CC[C@H](OC(=O)Cc3ccc(N(CCCl)CCCl)cc3)C[C@@H]1CC[C@@H]1[C@@H]2CC[C@]2(C)NC(=O)CC[C@@H]12. The molecule has 5 rings (SSSR count). The van der Waals surface area contributed by atoms with Crippen LogP contribution in [0.25, 0.3) is 0 Å². The fourth-order valence-corrected chi connectivity index (χ4v) is 9.20. The van der Waals surface area contributed by atoms with Crippen molar-refractivity contribution in [1.82, 2.24) is 5.32 Å². The minimum atomic E-state index is -0.121. The first-order chi connectivity index (χ1) is 18.3. The lowest BCUT2D eigenvalue weighted by molar-refractivity contribution is -0.162. The van der Waals surface area contributed by atoms with Gasteiger partial charge in [-0.05, 0) is 105 Å². The van der Waals surface area contributed by atoms with Crippen LogP contribution in [0.3, 0.4) is 0 Å². The number of amides is 1. The maximum absolute atomic E-state index is 12.9. The maximum Gasteiger partial charge on any atom is 0.310 e. The number of carbonyl (C=O) groups is 2. The molecule has 7 heteroatoms. The summed E-state index contributed by atoms with van der Waals surface area (Å²) in [6.07, 6.45) is 9.93. The molecule has 1 amide bonds. The average molecular weight is 564 g/mol. The maximum atomic E-state index is 12.9. The second-order valence-corrected chi connectivity index (χ2v) is 13.6. The molecule has 0 radical (unpaired) electrons. The van der Waals surface area contributed by atoms with Gasteiger partial charge in [0, 0.05) is 42.5 Å². The first kappa shape index (κ1) is 28.1. The number of piperidine rings is 1. The number of rotatable bonds is 8. The third kappa shape index (κ3) is 5.57. The number of anilines is 1. The quantitative estimate of drug-likeness (QED) is 0.297. The van der Waals surface area contributed by atoms with E-state index in [0.29, 0.717) is 47.8 Å². The number of benzene rings is 1. The molecule has 3 saturated carbocycles. The zero-order valence-corrected chi connectivity index (χ0v) is 24.5. The van der Waals surface area contributed by atoms with Crippen LogP contribution in [0, 0.1) is 29.1 Å². The largest absolute Gasteiger partial charge is 0.462 e. The molecule has 210 valence electrons. The second kappa shape index (κ2) is 11.6. The summed E-state index contributed by atoms with van der Waals surface area (Å²) in [5.41, 5.74) is 2.35. The molecule has 7 atom stereocenters. The van der Waals surface area contributed by atoms with Crippen LogP contribution in [-0.2, 0) is 20.7 Å². The van der Waals surface area contributed by atoms with E-state index in [4.69, 9.17) is 27.9 Å². The average Bonchev–Trinajstić information content (AvgIpc) is 2.88. The van der Waals surface area contributed by atoms with Crippen molar-refractivity contribution >= 4 is 40.8 Å². The van der Waals surface area contributed by atoms with Crippen LogP contribution in [0.2, 0.25) is 0 Å². The van der Waals surface area contributed by atoms with Gasteiger partial charge in [0.2, 0.25) is 5.91 Å². The normalized spacial score (nSPS) is 36.3. The topological polar surface area (TPSA) is 58.6 Å². The smallest absolute Gasteiger partial charge is 0.310 e. The van der Waals surface area contributed by atoms with Crippen LogP contribution in [-0.4, -0.2) is 48.4 Å². The van der Waals surface area contributed by atoms with E-state index in [1.807, 2.05) is 24.3 Å². The molecule has 1 N–H and O–H groups in total. The summed E-state index contributed by atoms with van der Waals surface area (Å²) >= 11 is 11.9. The molecule has 5 nitrogen and oxygen atoms in total. The van der Waals surface area contributed by atoms with Gasteiger partial charge in [-0.2, -0.15) is 0 Å². The third-order valence-corrected chi connectivity index (χ3v) is 11.1. The number of esters is 1. The van der Waals surface area contributed by atoms with Gasteiger partial charge < -0.3 is 15.0 Å². The van der Waals surface area contributed by atoms with Gasteiger partial charge in [0.25, 0.3) is 0 Å². The van der Waals surface area contributed by atoms with E-state index in [1.54, 1.807) is 0 Å². The zero-order valence-electron chi connectivity index (χ0n) is 23.0. The molecular weight excluding hydrogens is 519 g/mol. The summed E-state index contributed by atoms with van der Waals surface area (Å²) in [6, 6.07) is 8.10. The molecule has 0 aromatic heterocycles. The van der Waals surface area contributed by atoms with E-state index in [0.717, 1.165) is 62.4 Å². The molecule has 0 bridgehead atoms. The number of fused-ring (bicyclic) bond motifs is 5. The van der Waals surface area contributed by atoms with Crippen molar-refractivity contribution in [2.75, 3.05) is 29.7 Å². The molecule has 1 aromatic carbocycles. The molecule has 1 aromatic rings. The number of ether oxygens (including phenoxy) is 1. The molecule has 1 saturated heterocycles. The monoisotopic (exact) mass is 562 g/mol. The molecule has 1 heterocycles. The standard InChI is InChI=1S/C31H44Cl2N2O3/c1-30-13-11-24(38-29(37)19-21-3-6-23(7-4-21)35(17-15-32)18-16-33)20-22(30)5-8-25-26(30)12-14-31(2)27(25)9-10-28(36)34-31/h3-4,6-7,22,24-27H,5,8-20H2,1-2H3,(H,34,36)/t22-,24-,25+,26-,27-,30-,31-/m0/s1. The van der Waals surface area contributed by atoms with Crippen molar-refractivity contribution in [3.63, 3.8) is 0 Å². The number of carbonyl (C=O) groups excluding carboxylic acids is 2. The summed E-state index contributed by atoms with van der Waals surface area (Å²) in [5, 5.41) is 3.37. The molecule has 1 aliphatic heterocycles. The van der Waals surface area contributed by atoms with E-state index in [-0.39, 0.29) is 23.5 Å². The fraction of sp³-hybridized carbons (Fsp3) is 0.742. The highest BCUT2D eigenvalue weighted by Gasteiger charge is 2.58. The Morgan fingerprint density at radius 3 is 2.45 bits per heavy atom. The molecule has 0 spiro atoms.